The first-order valence-electron chi connectivity index (χ1n) is 12.9. The standard InChI is InChI=1S/C24H34N4O.C6H4Cl2/c1-19-7-8-23(25-18-19)28-13-11-27(12-14-28)10-6-5-9-26(4)24(29)22-16-20(2)15-21(3)17-22;7-5-3-1-2-4-6(5)8/h7-8,15-18H,5-6,9-14H2,1-4H3;1-4H. The fourth-order valence-corrected chi connectivity index (χ4v) is 4.66. The van der Waals surface area contributed by atoms with E-state index in [1.54, 1.807) is 12.1 Å². The molecule has 1 aliphatic rings. The Balaban J connectivity index is 0.000000405. The highest BCUT2D eigenvalue weighted by Crippen LogP contribution is 2.19. The van der Waals surface area contributed by atoms with Crippen LogP contribution in [0.1, 0.15) is 39.9 Å². The Kier molecular flexibility index (Phi) is 11.2. The van der Waals surface area contributed by atoms with Gasteiger partial charge in [-0.1, -0.05) is 58.6 Å². The summed E-state index contributed by atoms with van der Waals surface area (Å²) >= 11 is 11.2. The monoisotopic (exact) mass is 540 g/mol. The van der Waals surface area contributed by atoms with Crippen LogP contribution >= 0.6 is 23.2 Å². The second-order valence-corrected chi connectivity index (χ2v) is 10.6. The van der Waals surface area contributed by atoms with Crippen LogP contribution in [0.15, 0.2) is 60.8 Å². The molecule has 0 spiro atoms. The second kappa shape index (κ2) is 14.4. The van der Waals surface area contributed by atoms with Crippen molar-refractivity contribution in [2.24, 2.45) is 0 Å². The van der Waals surface area contributed by atoms with Gasteiger partial charge in [-0.05, 0) is 76.1 Å². The van der Waals surface area contributed by atoms with Crippen LogP contribution in [0, 0.1) is 20.8 Å². The van der Waals surface area contributed by atoms with E-state index in [9.17, 15) is 4.79 Å². The molecule has 37 heavy (non-hydrogen) atoms. The minimum absolute atomic E-state index is 0.121. The van der Waals surface area contributed by atoms with Crippen LogP contribution in [0.25, 0.3) is 0 Å². The lowest BCUT2D eigenvalue weighted by Crippen LogP contribution is -2.47. The molecule has 3 aromatic rings. The summed E-state index contributed by atoms with van der Waals surface area (Å²) < 4.78 is 0. The predicted octanol–water partition coefficient (Wildman–Crippen LogP) is 6.67. The fraction of sp³-hybridized carbons (Fsp3) is 0.400. The summed E-state index contributed by atoms with van der Waals surface area (Å²) in [7, 11) is 1.91. The van der Waals surface area contributed by atoms with Crippen molar-refractivity contribution in [1.29, 1.82) is 0 Å². The first-order chi connectivity index (χ1) is 17.7. The Morgan fingerprint density at radius 1 is 0.865 bits per heavy atom. The zero-order chi connectivity index (χ0) is 26.8. The van der Waals surface area contributed by atoms with Gasteiger partial charge in [0.05, 0.1) is 10.0 Å². The number of rotatable bonds is 7. The molecule has 1 aromatic heterocycles. The lowest BCUT2D eigenvalue weighted by molar-refractivity contribution is 0.0791. The molecule has 0 N–H and O–H groups in total. The van der Waals surface area contributed by atoms with E-state index in [1.165, 1.54) is 5.56 Å². The highest BCUT2D eigenvalue weighted by Gasteiger charge is 2.18. The maximum Gasteiger partial charge on any atom is 0.253 e. The van der Waals surface area contributed by atoms with Gasteiger partial charge >= 0.3 is 0 Å². The molecule has 4 rings (SSSR count). The van der Waals surface area contributed by atoms with Crippen LogP contribution in [-0.2, 0) is 0 Å². The number of aryl methyl sites for hydroxylation is 3. The van der Waals surface area contributed by atoms with Gasteiger partial charge < -0.3 is 9.80 Å². The molecule has 1 saturated heterocycles. The lowest BCUT2D eigenvalue weighted by Gasteiger charge is -2.35. The van der Waals surface area contributed by atoms with Gasteiger partial charge in [-0.15, -0.1) is 0 Å². The third-order valence-corrected chi connectivity index (χ3v) is 7.21. The van der Waals surface area contributed by atoms with Gasteiger partial charge in [0, 0.05) is 51.5 Å². The molecule has 0 aliphatic carbocycles. The first kappa shape index (κ1) is 29.0. The molecule has 1 aliphatic heterocycles. The number of hydrogen-bond acceptors (Lipinski definition) is 4. The minimum atomic E-state index is 0.121. The summed E-state index contributed by atoms with van der Waals surface area (Å²) in [5.41, 5.74) is 4.28. The molecule has 0 radical (unpaired) electrons. The molecule has 1 amide bonds. The Morgan fingerprint density at radius 2 is 1.49 bits per heavy atom. The van der Waals surface area contributed by atoms with Gasteiger partial charge in [0.25, 0.3) is 5.91 Å². The predicted molar refractivity (Wildman–Crippen MR) is 156 cm³/mol. The van der Waals surface area contributed by atoms with Crippen molar-refractivity contribution in [3.8, 4) is 0 Å². The number of benzene rings is 2. The maximum atomic E-state index is 12.6. The number of carbonyl (C=O) groups is 1. The van der Waals surface area contributed by atoms with E-state index in [2.05, 4.69) is 39.9 Å². The topological polar surface area (TPSA) is 39.7 Å². The number of unbranched alkanes of at least 4 members (excludes halogenated alkanes) is 1. The van der Waals surface area contributed by atoms with E-state index in [-0.39, 0.29) is 5.91 Å². The van der Waals surface area contributed by atoms with Crippen molar-refractivity contribution in [3.05, 3.63) is 93.1 Å². The number of piperazine rings is 1. The van der Waals surface area contributed by atoms with E-state index in [4.69, 9.17) is 23.2 Å². The molecule has 2 heterocycles. The van der Waals surface area contributed by atoms with Gasteiger partial charge in [0.1, 0.15) is 5.82 Å². The Hall–Kier alpha value is -2.60. The fourth-order valence-electron chi connectivity index (χ4n) is 4.39. The molecule has 0 saturated carbocycles. The average molecular weight is 542 g/mol. The van der Waals surface area contributed by atoms with Crippen molar-refractivity contribution in [2.45, 2.75) is 33.6 Å². The molecule has 0 bridgehead atoms. The normalized spacial score (nSPS) is 13.6. The number of pyridine rings is 1. The minimum Gasteiger partial charge on any atom is -0.354 e. The lowest BCUT2D eigenvalue weighted by atomic mass is 10.1. The second-order valence-electron chi connectivity index (χ2n) is 9.75. The summed E-state index contributed by atoms with van der Waals surface area (Å²) in [6.07, 6.45) is 4.09. The summed E-state index contributed by atoms with van der Waals surface area (Å²) in [6, 6.07) is 17.5. The van der Waals surface area contributed by atoms with Crippen molar-refractivity contribution in [2.75, 3.05) is 51.2 Å². The Labute approximate surface area is 232 Å². The zero-order valence-electron chi connectivity index (χ0n) is 22.4. The number of amides is 1. The molecular weight excluding hydrogens is 503 g/mol. The molecule has 198 valence electrons. The number of halogens is 2. The van der Waals surface area contributed by atoms with Crippen LogP contribution in [0.4, 0.5) is 5.82 Å². The van der Waals surface area contributed by atoms with E-state index in [0.717, 1.165) is 74.6 Å². The first-order valence-corrected chi connectivity index (χ1v) is 13.6. The summed E-state index contributed by atoms with van der Waals surface area (Å²) in [4.78, 5) is 23.9. The quantitative estimate of drug-likeness (QED) is 0.313. The Morgan fingerprint density at radius 3 is 2.03 bits per heavy atom. The number of aromatic nitrogens is 1. The highest BCUT2D eigenvalue weighted by molar-refractivity contribution is 6.41. The molecule has 0 unspecified atom stereocenters. The van der Waals surface area contributed by atoms with Gasteiger partial charge in [0.2, 0.25) is 0 Å². The molecule has 5 nitrogen and oxygen atoms in total. The Bertz CT molecular complexity index is 1100. The zero-order valence-corrected chi connectivity index (χ0v) is 23.9. The van der Waals surface area contributed by atoms with Crippen molar-refractivity contribution in [1.82, 2.24) is 14.8 Å². The van der Waals surface area contributed by atoms with Crippen molar-refractivity contribution in [3.63, 3.8) is 0 Å². The summed E-state index contributed by atoms with van der Waals surface area (Å²) in [6.45, 7) is 12.3. The number of hydrogen-bond donors (Lipinski definition) is 0. The van der Waals surface area contributed by atoms with E-state index in [1.807, 2.05) is 56.3 Å². The summed E-state index contributed by atoms with van der Waals surface area (Å²) in [5.74, 6) is 1.21. The van der Waals surface area contributed by atoms with Gasteiger partial charge in [-0.2, -0.15) is 0 Å². The van der Waals surface area contributed by atoms with E-state index >= 15 is 0 Å². The molecule has 2 aromatic carbocycles. The highest BCUT2D eigenvalue weighted by atomic mass is 35.5. The van der Waals surface area contributed by atoms with Gasteiger partial charge in [-0.25, -0.2) is 4.98 Å². The van der Waals surface area contributed by atoms with Gasteiger partial charge in [0.15, 0.2) is 0 Å². The van der Waals surface area contributed by atoms with Crippen LogP contribution in [0.2, 0.25) is 10.0 Å². The van der Waals surface area contributed by atoms with Crippen LogP contribution in [0.5, 0.6) is 0 Å². The van der Waals surface area contributed by atoms with Crippen molar-refractivity contribution >= 4 is 34.9 Å². The van der Waals surface area contributed by atoms with E-state index in [0.29, 0.717) is 10.0 Å². The SMILES string of the molecule is Cc1ccc(N2CCN(CCCCN(C)C(=O)c3cc(C)cc(C)c3)CC2)nc1.Clc1ccccc1Cl. The van der Waals surface area contributed by atoms with Crippen LogP contribution in [-0.4, -0.2) is 67.0 Å². The largest absolute Gasteiger partial charge is 0.354 e. The smallest absolute Gasteiger partial charge is 0.253 e. The van der Waals surface area contributed by atoms with Crippen molar-refractivity contribution < 1.29 is 4.79 Å². The third-order valence-electron chi connectivity index (χ3n) is 6.45. The molecule has 7 heteroatoms. The molecular formula is C30H38Cl2N4O. The third kappa shape index (κ3) is 9.33. The summed E-state index contributed by atoms with van der Waals surface area (Å²) in [5, 5.41) is 1.21. The van der Waals surface area contributed by atoms with Crippen LogP contribution < -0.4 is 4.90 Å². The number of nitrogens with zero attached hydrogens (tertiary/aromatic N) is 4. The van der Waals surface area contributed by atoms with E-state index < -0.39 is 0 Å². The van der Waals surface area contributed by atoms with Gasteiger partial charge in [-0.3, -0.25) is 9.69 Å². The molecule has 0 atom stereocenters. The average Bonchev–Trinajstić information content (AvgIpc) is 2.88. The number of anilines is 1. The number of carbonyl (C=O) groups excluding carboxylic acids is 1. The molecule has 1 fully saturated rings. The maximum absolute atomic E-state index is 12.6. The van der Waals surface area contributed by atoms with Crippen LogP contribution in [0.3, 0.4) is 0 Å².